The van der Waals surface area contributed by atoms with Crippen LogP contribution in [0.3, 0.4) is 0 Å². The highest BCUT2D eigenvalue weighted by atomic mass is 15.2. The number of fused-ring (bicyclic) bond motifs is 18. The number of benzene rings is 22. The molecule has 0 fully saturated rings. The Morgan fingerprint density at radius 1 is 0.160 bits per heavy atom. The Kier molecular flexibility index (Phi) is 19.6. The molecule has 0 bridgehead atoms. The topological polar surface area (TPSA) is 32.5 Å². The van der Waals surface area contributed by atoms with Gasteiger partial charge in [0.2, 0.25) is 0 Å². The second-order valence-electron chi connectivity index (χ2n) is 41.5. The molecule has 12 heteroatoms. The van der Waals surface area contributed by atoms with Crippen molar-refractivity contribution in [3.63, 3.8) is 0 Å². The predicted molar refractivity (Wildman–Crippen MR) is 637 cm³/mol. The highest BCUT2D eigenvalue weighted by Crippen LogP contribution is 2.55. The van der Waals surface area contributed by atoms with Crippen LogP contribution in [-0.2, 0) is 0 Å². The number of hydrogen-bond donors (Lipinski definition) is 0. The summed E-state index contributed by atoms with van der Waals surface area (Å²) < 4.78 is 5.09. The zero-order chi connectivity index (χ0) is 99.5. The summed E-state index contributed by atoms with van der Waals surface area (Å²) >= 11 is 0. The Bertz CT molecular complexity index is 9650. The van der Waals surface area contributed by atoms with Gasteiger partial charge in [-0.05, 0) is 325 Å². The molecular formula is C138H98B3N9. The van der Waals surface area contributed by atoms with Crippen LogP contribution in [0, 0.1) is 41.5 Å². The minimum atomic E-state index is -0.167. The summed E-state index contributed by atoms with van der Waals surface area (Å²) in [5.41, 5.74) is 55.9. The Morgan fingerprint density at radius 3 is 0.933 bits per heavy atom. The Hall–Kier alpha value is -18.8. The maximum Gasteiger partial charge on any atom is 0.252 e. The third-order valence-corrected chi connectivity index (χ3v) is 32.5. The van der Waals surface area contributed by atoms with Crippen LogP contribution in [0.4, 0.5) is 119 Å². The van der Waals surface area contributed by atoms with Gasteiger partial charge in [0, 0.05) is 152 Å². The second-order valence-corrected chi connectivity index (χ2v) is 41.5. The van der Waals surface area contributed by atoms with Crippen molar-refractivity contribution in [1.82, 2.24) is 9.13 Å². The zero-order valence-electron chi connectivity index (χ0n) is 83.9. The quantitative estimate of drug-likeness (QED) is 0.100. The lowest BCUT2D eigenvalue weighted by molar-refractivity contribution is 1.18. The summed E-state index contributed by atoms with van der Waals surface area (Å²) in [4.78, 5) is 17.7. The van der Waals surface area contributed by atoms with Gasteiger partial charge in [-0.2, -0.15) is 0 Å². The summed E-state index contributed by atoms with van der Waals surface area (Å²) in [6.45, 7) is 12.9. The fraction of sp³-hybridized carbons (Fsp3) is 0.0435. The molecule has 0 atom stereocenters. The molecule has 8 heterocycles. The van der Waals surface area contributed by atoms with E-state index >= 15 is 0 Å². The number of hydrogen-bond acceptors (Lipinski definition) is 7. The summed E-state index contributed by atoms with van der Waals surface area (Å²) in [7, 11) is 0. The van der Waals surface area contributed by atoms with Crippen molar-refractivity contribution in [2.75, 3.05) is 34.3 Å². The standard InChI is InChI=1S/C138H98B3N9/c1-87-48-61-102(62-49-87)143-120-73-54-90(4)76-114(120)139-113-72-69-107(142(98-31-14-8-15-32-98)99-33-16-9-17-34-99)82-133(113)150(128-47-27-44-125(143)138(128)139)119-41-23-22-40-108(119)97-60-71-110-112-84-118-135(86-132(112)148(130(110)81-97)101-37-20-11-21-38-101)149(127-46-26-43-124-137(127)141(118)116-78-92(6)56-75-122(116)145(124)104-65-52-89(3)53-66-104)106-39-24-30-95(79-106)96-59-70-109-111-83-117-134(85-131(111)147(129(109)80-96)100-35-18-10-19-36-100)146(105-67-57-94(58-68-105)93-28-12-7-13-29-93)126-45-25-42-123-136(126)140(117)115-77-91(5)55-74-121(115)144(123)103-63-50-88(2)51-64-103/h7-86H,1-6H3. The van der Waals surface area contributed by atoms with Gasteiger partial charge in [0.1, 0.15) is 0 Å². The molecule has 704 valence electrons. The Morgan fingerprint density at radius 2 is 0.473 bits per heavy atom. The van der Waals surface area contributed by atoms with E-state index < -0.39 is 0 Å². The smallest absolute Gasteiger partial charge is 0.252 e. The third kappa shape index (κ3) is 13.4. The van der Waals surface area contributed by atoms with Gasteiger partial charge in [-0.15, -0.1) is 0 Å². The maximum absolute atomic E-state index is 2.61. The minimum absolute atomic E-state index is 0.0963. The fourth-order valence-corrected chi connectivity index (χ4v) is 25.9. The minimum Gasteiger partial charge on any atom is -0.311 e. The lowest BCUT2D eigenvalue weighted by Gasteiger charge is -2.44. The van der Waals surface area contributed by atoms with E-state index in [-0.39, 0.29) is 20.1 Å². The van der Waals surface area contributed by atoms with E-state index in [2.05, 4.69) is 570 Å². The van der Waals surface area contributed by atoms with Crippen LogP contribution in [-0.4, -0.2) is 29.3 Å². The summed E-state index contributed by atoms with van der Waals surface area (Å²) in [6, 6.07) is 184. The highest BCUT2D eigenvalue weighted by Gasteiger charge is 2.49. The molecule has 0 N–H and O–H groups in total. The van der Waals surface area contributed by atoms with Gasteiger partial charge in [-0.3, -0.25) is 0 Å². The van der Waals surface area contributed by atoms with E-state index in [0.717, 1.165) is 141 Å². The molecule has 0 unspecified atom stereocenters. The molecule has 0 aliphatic carbocycles. The molecule has 0 amide bonds. The first-order valence-corrected chi connectivity index (χ1v) is 52.3. The van der Waals surface area contributed by atoms with Crippen molar-refractivity contribution in [3.8, 4) is 44.8 Å². The van der Waals surface area contributed by atoms with Crippen LogP contribution >= 0.6 is 0 Å². The molecule has 2 aromatic heterocycles. The lowest BCUT2D eigenvalue weighted by atomic mass is 9.33. The highest BCUT2D eigenvalue weighted by molar-refractivity contribution is 7.02. The zero-order valence-corrected chi connectivity index (χ0v) is 83.9. The molecule has 0 saturated heterocycles. The van der Waals surface area contributed by atoms with Crippen LogP contribution in [0.2, 0.25) is 0 Å². The third-order valence-electron chi connectivity index (χ3n) is 32.5. The Labute approximate surface area is 874 Å². The van der Waals surface area contributed by atoms with Gasteiger partial charge in [-0.1, -0.05) is 312 Å². The van der Waals surface area contributed by atoms with E-state index in [1.54, 1.807) is 0 Å². The molecule has 6 aliphatic rings. The van der Waals surface area contributed by atoms with Crippen LogP contribution in [0.1, 0.15) is 33.4 Å². The van der Waals surface area contributed by atoms with E-state index in [1.165, 1.54) is 149 Å². The number of anilines is 21. The summed E-state index contributed by atoms with van der Waals surface area (Å²) in [5, 5.41) is 4.73. The van der Waals surface area contributed by atoms with Gasteiger partial charge in [0.25, 0.3) is 20.1 Å². The van der Waals surface area contributed by atoms with Crippen molar-refractivity contribution in [2.45, 2.75) is 41.5 Å². The number of rotatable bonds is 14. The average Bonchev–Trinajstić information content (AvgIpc) is 1.07. The van der Waals surface area contributed by atoms with Gasteiger partial charge >= 0.3 is 0 Å². The molecule has 0 radical (unpaired) electrons. The van der Waals surface area contributed by atoms with Crippen LogP contribution in [0.15, 0.2) is 485 Å². The normalized spacial score (nSPS) is 13.1. The first kappa shape index (κ1) is 86.7. The first-order chi connectivity index (χ1) is 73.9. The van der Waals surface area contributed by atoms with E-state index in [4.69, 9.17) is 0 Å². The molecule has 22 aromatic carbocycles. The predicted octanol–water partition coefficient (Wildman–Crippen LogP) is 30.4. The average molecular weight is 1910 g/mol. The van der Waals surface area contributed by atoms with Gasteiger partial charge in [0.15, 0.2) is 0 Å². The van der Waals surface area contributed by atoms with Gasteiger partial charge in [-0.25, -0.2) is 0 Å². The number of nitrogens with zero attached hydrogens (tertiary/aromatic N) is 9. The van der Waals surface area contributed by atoms with Crippen molar-refractivity contribution in [1.29, 1.82) is 0 Å². The maximum atomic E-state index is 2.61. The van der Waals surface area contributed by atoms with Crippen LogP contribution in [0.5, 0.6) is 0 Å². The molecule has 0 saturated carbocycles. The SMILES string of the molecule is Cc1ccc(N2c3ccc(C)cc3B3c4cc5c6ccc(-c7cccc(N8c9cc%10c(cc9B9c%11cc(C)ccc%11N(c%11ccc(C)cc%11)c%11cccc8c%119)c8ccc(-c9ccccc9N9c%11cc(N(c%12ccccc%12)c%12ccccc%12)ccc%11B%11c%12cc(C)ccc%12N(c%12ccc(C)cc%12)c%12cccc9c%12%11)cc8n%10-c8ccccc8)c7)cc6n(-c6ccccc6)c5cc4N(c4ccc(-c5ccccc5)cc4)c4cccc2c43)cc1. The number of aromatic nitrogens is 2. The fourth-order valence-electron chi connectivity index (χ4n) is 25.9. The van der Waals surface area contributed by atoms with Crippen LogP contribution in [0.25, 0.3) is 88.4 Å². The van der Waals surface area contributed by atoms with Crippen molar-refractivity contribution in [2.24, 2.45) is 0 Å². The summed E-state index contributed by atoms with van der Waals surface area (Å²) in [5.74, 6) is 0. The summed E-state index contributed by atoms with van der Waals surface area (Å²) in [6.07, 6.45) is 0. The lowest BCUT2D eigenvalue weighted by Crippen LogP contribution is -2.61. The number of para-hydroxylation sites is 5. The van der Waals surface area contributed by atoms with E-state index in [9.17, 15) is 0 Å². The second kappa shape index (κ2) is 33.9. The Balaban J connectivity index is 0.613. The van der Waals surface area contributed by atoms with E-state index in [1.807, 2.05) is 0 Å². The molecule has 0 spiro atoms. The molecule has 30 rings (SSSR count). The van der Waals surface area contributed by atoms with Crippen molar-refractivity contribution in [3.05, 3.63) is 519 Å². The van der Waals surface area contributed by atoms with Crippen molar-refractivity contribution >= 4 is 232 Å². The molecule has 24 aromatic rings. The molecular weight excluding hydrogens is 1820 g/mol. The van der Waals surface area contributed by atoms with Gasteiger partial charge in [0.05, 0.1) is 27.8 Å². The van der Waals surface area contributed by atoms with Crippen molar-refractivity contribution < 1.29 is 0 Å². The molecule has 150 heavy (non-hydrogen) atoms. The molecule has 6 aliphatic heterocycles. The monoisotopic (exact) mass is 1910 g/mol. The molecule has 9 nitrogen and oxygen atoms in total. The van der Waals surface area contributed by atoms with Gasteiger partial charge < -0.3 is 43.4 Å². The van der Waals surface area contributed by atoms with Crippen LogP contribution < -0.4 is 83.5 Å². The number of aryl methyl sites for hydroxylation is 6. The largest absolute Gasteiger partial charge is 0.311 e. The van der Waals surface area contributed by atoms with E-state index in [0.29, 0.717) is 0 Å². The first-order valence-electron chi connectivity index (χ1n) is 52.3.